The van der Waals surface area contributed by atoms with Crippen molar-refractivity contribution in [3.63, 3.8) is 0 Å². The first-order valence-electron chi connectivity index (χ1n) is 8.54. The van der Waals surface area contributed by atoms with Crippen LogP contribution in [0.4, 0.5) is 0 Å². The molecule has 3 heteroatoms. The molecule has 1 atom stereocenters. The summed E-state index contributed by atoms with van der Waals surface area (Å²) >= 11 is 0. The van der Waals surface area contributed by atoms with Gasteiger partial charge in [0.2, 0.25) is 0 Å². The van der Waals surface area contributed by atoms with E-state index in [4.69, 9.17) is 0 Å². The lowest BCUT2D eigenvalue weighted by atomic mass is 9.66. The minimum atomic E-state index is 0.160. The Kier molecular flexibility index (Phi) is 5.23. The maximum atomic E-state index is 12.7. The molecule has 0 N–H and O–H groups in total. The molecule has 1 saturated carbocycles. The number of carbonyl (C=O) groups is 1. The van der Waals surface area contributed by atoms with Gasteiger partial charge in [-0.15, -0.1) is 0 Å². The summed E-state index contributed by atoms with van der Waals surface area (Å²) in [5.74, 6) is 0.596. The molecule has 0 aromatic carbocycles. The summed E-state index contributed by atoms with van der Waals surface area (Å²) in [6.07, 6.45) is 9.39. The van der Waals surface area contributed by atoms with E-state index >= 15 is 0 Å². The Morgan fingerprint density at radius 1 is 1.38 bits per heavy atom. The number of Topliss-reactive ketones (excluding diaryl/α,β-unsaturated/α-hetero) is 1. The van der Waals surface area contributed by atoms with Gasteiger partial charge in [-0.1, -0.05) is 40.5 Å². The molecule has 0 saturated heterocycles. The Bertz CT molecular complexity index is 471. The van der Waals surface area contributed by atoms with Gasteiger partial charge in [0.1, 0.15) is 5.78 Å². The first-order valence-corrected chi connectivity index (χ1v) is 8.54. The topological polar surface area (TPSA) is 34.9 Å². The fourth-order valence-corrected chi connectivity index (χ4v) is 3.73. The van der Waals surface area contributed by atoms with Crippen LogP contribution in [-0.2, 0) is 11.2 Å². The van der Waals surface area contributed by atoms with Gasteiger partial charge in [0.05, 0.1) is 18.2 Å². The molecular formula is C18H30N2O. The summed E-state index contributed by atoms with van der Waals surface area (Å²) in [6, 6.07) is 2.48. The second kappa shape index (κ2) is 6.76. The van der Waals surface area contributed by atoms with Crippen LogP contribution in [0.3, 0.4) is 0 Å². The lowest BCUT2D eigenvalue weighted by Crippen LogP contribution is -2.35. The normalized spacial score (nSPS) is 21.7. The van der Waals surface area contributed by atoms with Crippen LogP contribution in [0.5, 0.6) is 0 Å². The van der Waals surface area contributed by atoms with Crippen LogP contribution >= 0.6 is 0 Å². The summed E-state index contributed by atoms with van der Waals surface area (Å²) in [5, 5.41) is 4.63. The van der Waals surface area contributed by atoms with Crippen LogP contribution in [0.2, 0.25) is 0 Å². The van der Waals surface area contributed by atoms with E-state index in [9.17, 15) is 4.79 Å². The molecule has 1 heterocycles. The Morgan fingerprint density at radius 2 is 2.10 bits per heavy atom. The third-order valence-electron chi connectivity index (χ3n) is 5.23. The standard InChI is InChI=1S/C18H30N2O/c1-5-15(6-2)20-12-10-14(19-20)13-17(21)16-9-7-8-11-18(16,3)4/h10,12,15-16H,5-9,11,13H2,1-4H3. The quantitative estimate of drug-likeness (QED) is 0.769. The lowest BCUT2D eigenvalue weighted by molar-refractivity contribution is -0.127. The molecule has 1 fully saturated rings. The van der Waals surface area contributed by atoms with E-state index in [0.29, 0.717) is 18.2 Å². The molecule has 3 nitrogen and oxygen atoms in total. The maximum Gasteiger partial charge on any atom is 0.142 e. The van der Waals surface area contributed by atoms with Crippen LogP contribution in [0.25, 0.3) is 0 Å². The van der Waals surface area contributed by atoms with E-state index in [1.165, 1.54) is 19.3 Å². The molecule has 1 unspecified atom stereocenters. The first-order chi connectivity index (χ1) is 9.97. The molecule has 1 aromatic heterocycles. The highest BCUT2D eigenvalue weighted by Gasteiger charge is 2.36. The second-order valence-corrected chi connectivity index (χ2v) is 7.19. The van der Waals surface area contributed by atoms with Crippen molar-refractivity contribution < 1.29 is 4.79 Å². The Morgan fingerprint density at radius 3 is 2.71 bits per heavy atom. The van der Waals surface area contributed by atoms with Crippen molar-refractivity contribution >= 4 is 5.78 Å². The van der Waals surface area contributed by atoms with E-state index in [1.54, 1.807) is 0 Å². The molecule has 1 aliphatic carbocycles. The lowest BCUT2D eigenvalue weighted by Gasteiger charge is -2.37. The average molecular weight is 290 g/mol. The molecule has 0 radical (unpaired) electrons. The van der Waals surface area contributed by atoms with Crippen molar-refractivity contribution in [2.75, 3.05) is 0 Å². The van der Waals surface area contributed by atoms with Crippen LogP contribution in [0.1, 0.15) is 78.0 Å². The van der Waals surface area contributed by atoms with Gasteiger partial charge in [0.15, 0.2) is 0 Å². The van der Waals surface area contributed by atoms with Crippen molar-refractivity contribution in [3.8, 4) is 0 Å². The second-order valence-electron chi connectivity index (χ2n) is 7.19. The Balaban J connectivity index is 2.02. The minimum absolute atomic E-state index is 0.160. The number of hydrogen-bond acceptors (Lipinski definition) is 2. The molecule has 0 bridgehead atoms. The van der Waals surface area contributed by atoms with Gasteiger partial charge in [-0.3, -0.25) is 9.48 Å². The predicted octanol–water partition coefficient (Wildman–Crippen LogP) is 4.57. The Hall–Kier alpha value is -1.12. The van der Waals surface area contributed by atoms with Gasteiger partial charge < -0.3 is 0 Å². The monoisotopic (exact) mass is 290 g/mol. The maximum absolute atomic E-state index is 12.7. The minimum Gasteiger partial charge on any atom is -0.299 e. The van der Waals surface area contributed by atoms with Crippen LogP contribution in [0.15, 0.2) is 12.3 Å². The predicted molar refractivity (Wildman–Crippen MR) is 86.3 cm³/mol. The van der Waals surface area contributed by atoms with Gasteiger partial charge in [0.25, 0.3) is 0 Å². The molecule has 1 aliphatic rings. The number of hydrogen-bond donors (Lipinski definition) is 0. The number of rotatable bonds is 6. The summed E-state index contributed by atoms with van der Waals surface area (Å²) in [6.45, 7) is 8.87. The average Bonchev–Trinajstić information content (AvgIpc) is 2.88. The smallest absolute Gasteiger partial charge is 0.142 e. The van der Waals surface area contributed by atoms with Gasteiger partial charge in [-0.25, -0.2) is 0 Å². The number of carbonyl (C=O) groups excluding carboxylic acids is 1. The third kappa shape index (κ3) is 3.75. The van der Waals surface area contributed by atoms with Gasteiger partial charge in [0, 0.05) is 12.1 Å². The van der Waals surface area contributed by atoms with Crippen molar-refractivity contribution in [3.05, 3.63) is 18.0 Å². The SMILES string of the molecule is CCC(CC)n1ccc(CC(=O)C2CCCCC2(C)C)n1. The molecule has 118 valence electrons. The molecule has 2 rings (SSSR count). The zero-order chi connectivity index (χ0) is 15.5. The Labute approximate surface area is 129 Å². The summed E-state index contributed by atoms with van der Waals surface area (Å²) in [4.78, 5) is 12.7. The first kappa shape index (κ1) is 16.3. The molecule has 21 heavy (non-hydrogen) atoms. The van der Waals surface area contributed by atoms with E-state index in [0.717, 1.165) is 25.0 Å². The largest absolute Gasteiger partial charge is 0.299 e. The van der Waals surface area contributed by atoms with Gasteiger partial charge in [-0.2, -0.15) is 5.10 Å². The molecular weight excluding hydrogens is 260 g/mol. The fourth-order valence-electron chi connectivity index (χ4n) is 3.73. The molecule has 0 spiro atoms. The van der Waals surface area contributed by atoms with Crippen molar-refractivity contribution in [1.29, 1.82) is 0 Å². The van der Waals surface area contributed by atoms with Crippen LogP contribution in [-0.4, -0.2) is 15.6 Å². The number of ketones is 1. The highest BCUT2D eigenvalue weighted by Crippen LogP contribution is 2.41. The van der Waals surface area contributed by atoms with E-state index < -0.39 is 0 Å². The van der Waals surface area contributed by atoms with E-state index in [1.807, 2.05) is 16.9 Å². The van der Waals surface area contributed by atoms with Crippen molar-refractivity contribution in [2.45, 2.75) is 78.7 Å². The third-order valence-corrected chi connectivity index (χ3v) is 5.23. The summed E-state index contributed by atoms with van der Waals surface area (Å²) in [7, 11) is 0. The fraction of sp³-hybridized carbons (Fsp3) is 0.778. The van der Waals surface area contributed by atoms with E-state index in [-0.39, 0.29) is 11.3 Å². The van der Waals surface area contributed by atoms with Crippen molar-refractivity contribution in [1.82, 2.24) is 9.78 Å². The summed E-state index contributed by atoms with van der Waals surface area (Å²) in [5.41, 5.74) is 1.10. The van der Waals surface area contributed by atoms with Crippen LogP contribution < -0.4 is 0 Å². The van der Waals surface area contributed by atoms with Crippen LogP contribution in [0, 0.1) is 11.3 Å². The van der Waals surface area contributed by atoms with Crippen molar-refractivity contribution in [2.24, 2.45) is 11.3 Å². The zero-order valence-corrected chi connectivity index (χ0v) is 14.1. The van der Waals surface area contributed by atoms with Gasteiger partial charge in [-0.05, 0) is 37.2 Å². The highest BCUT2D eigenvalue weighted by molar-refractivity contribution is 5.83. The summed E-state index contributed by atoms with van der Waals surface area (Å²) < 4.78 is 2.04. The number of aromatic nitrogens is 2. The molecule has 0 aliphatic heterocycles. The van der Waals surface area contributed by atoms with Gasteiger partial charge >= 0.3 is 0 Å². The zero-order valence-electron chi connectivity index (χ0n) is 14.1. The molecule has 0 amide bonds. The molecule has 1 aromatic rings. The van der Waals surface area contributed by atoms with E-state index in [2.05, 4.69) is 32.8 Å². The highest BCUT2D eigenvalue weighted by atomic mass is 16.1. The number of nitrogens with zero attached hydrogens (tertiary/aromatic N) is 2.